The first kappa shape index (κ1) is 8.66. The summed E-state index contributed by atoms with van der Waals surface area (Å²) in [7, 11) is 0. The van der Waals surface area contributed by atoms with Crippen LogP contribution in [0.4, 0.5) is 0 Å². The molecule has 9 heavy (non-hydrogen) atoms. The maximum atomic E-state index is 9.29. The minimum atomic E-state index is -1.10. The molecule has 0 aliphatic rings. The molecule has 1 atom stereocenters. The van der Waals surface area contributed by atoms with E-state index in [-0.39, 0.29) is 0 Å². The Balaban J connectivity index is 3.76. The second kappa shape index (κ2) is 3.64. The largest absolute Gasteiger partial charge is 0.362 e. The smallest absolute Gasteiger partial charge is 0.184 e. The number of hydrogen-bond acceptors (Lipinski definition) is 2. The number of ether oxygens (including phenoxy) is 1. The highest BCUT2D eigenvalue weighted by Crippen LogP contribution is 2.11. The topological polar surface area (TPSA) is 29.5 Å². The highest BCUT2D eigenvalue weighted by Gasteiger charge is 2.18. The normalized spacial score (nSPS) is 16.8. The van der Waals surface area contributed by atoms with E-state index < -0.39 is 5.79 Å². The predicted molar refractivity (Wildman–Crippen MR) is 37.1 cm³/mol. The molecule has 0 fully saturated rings. The average Bonchev–Trinajstić information content (AvgIpc) is 1.89. The third-order valence-corrected chi connectivity index (χ3v) is 1.22. The van der Waals surface area contributed by atoms with Gasteiger partial charge in [-0.3, -0.25) is 0 Å². The van der Waals surface area contributed by atoms with Gasteiger partial charge >= 0.3 is 0 Å². The van der Waals surface area contributed by atoms with Crippen molar-refractivity contribution in [3.63, 3.8) is 0 Å². The van der Waals surface area contributed by atoms with Gasteiger partial charge in [0.1, 0.15) is 0 Å². The van der Waals surface area contributed by atoms with Gasteiger partial charge in [-0.15, -0.1) is 0 Å². The zero-order chi connectivity index (χ0) is 7.33. The van der Waals surface area contributed by atoms with Crippen molar-refractivity contribution in [2.24, 2.45) is 0 Å². The monoisotopic (exact) mass is 130 g/mol. The van der Waals surface area contributed by atoms with Crippen LogP contribution in [0.25, 0.3) is 0 Å². The van der Waals surface area contributed by atoms with Crippen LogP contribution in [0.5, 0.6) is 0 Å². The molecule has 0 saturated carbocycles. The Morgan fingerprint density at radius 1 is 1.67 bits per heavy atom. The summed E-state index contributed by atoms with van der Waals surface area (Å²) >= 11 is 0. The van der Waals surface area contributed by atoms with Crippen molar-refractivity contribution in [2.45, 2.75) is 26.1 Å². The standard InChI is InChI=1S/C7H14O2/c1-4-7(8,5-2)9-6-3/h4,8H,1,5-6H2,2-3H3. The summed E-state index contributed by atoms with van der Waals surface area (Å²) in [5, 5.41) is 9.29. The van der Waals surface area contributed by atoms with Gasteiger partial charge in [0.15, 0.2) is 5.79 Å². The molecule has 54 valence electrons. The lowest BCUT2D eigenvalue weighted by molar-refractivity contribution is -0.164. The molecule has 0 aliphatic heterocycles. The molecule has 2 nitrogen and oxygen atoms in total. The molecule has 0 aromatic rings. The summed E-state index contributed by atoms with van der Waals surface area (Å²) < 4.78 is 4.97. The van der Waals surface area contributed by atoms with Gasteiger partial charge in [-0.05, 0) is 13.0 Å². The molecule has 0 amide bonds. The zero-order valence-corrected chi connectivity index (χ0v) is 6.05. The van der Waals surface area contributed by atoms with Gasteiger partial charge in [0.25, 0.3) is 0 Å². The van der Waals surface area contributed by atoms with Crippen LogP contribution in [0.15, 0.2) is 12.7 Å². The van der Waals surface area contributed by atoms with Crippen molar-refractivity contribution < 1.29 is 9.84 Å². The van der Waals surface area contributed by atoms with Crippen molar-refractivity contribution in [1.82, 2.24) is 0 Å². The van der Waals surface area contributed by atoms with Crippen molar-refractivity contribution in [1.29, 1.82) is 0 Å². The minimum Gasteiger partial charge on any atom is -0.362 e. The van der Waals surface area contributed by atoms with Crippen molar-refractivity contribution in [3.8, 4) is 0 Å². The van der Waals surface area contributed by atoms with Gasteiger partial charge in [0.05, 0.1) is 0 Å². The minimum absolute atomic E-state index is 0.510. The third-order valence-electron chi connectivity index (χ3n) is 1.22. The molecule has 0 rings (SSSR count). The van der Waals surface area contributed by atoms with Crippen molar-refractivity contribution in [2.75, 3.05) is 6.61 Å². The van der Waals surface area contributed by atoms with E-state index >= 15 is 0 Å². The molecule has 1 unspecified atom stereocenters. The summed E-state index contributed by atoms with van der Waals surface area (Å²) in [5.41, 5.74) is 0. The van der Waals surface area contributed by atoms with Crippen LogP contribution in [0, 0.1) is 0 Å². The van der Waals surface area contributed by atoms with Gasteiger partial charge in [0.2, 0.25) is 0 Å². The van der Waals surface area contributed by atoms with Crippen LogP contribution >= 0.6 is 0 Å². The van der Waals surface area contributed by atoms with Gasteiger partial charge in [-0.25, -0.2) is 0 Å². The summed E-state index contributed by atoms with van der Waals surface area (Å²) in [6, 6.07) is 0. The van der Waals surface area contributed by atoms with E-state index in [1.165, 1.54) is 6.08 Å². The van der Waals surface area contributed by atoms with Crippen LogP contribution in [0.2, 0.25) is 0 Å². The lowest BCUT2D eigenvalue weighted by Gasteiger charge is -2.21. The fourth-order valence-corrected chi connectivity index (χ4v) is 0.555. The summed E-state index contributed by atoms with van der Waals surface area (Å²) in [4.78, 5) is 0. The van der Waals surface area contributed by atoms with Gasteiger partial charge in [0, 0.05) is 13.0 Å². The average molecular weight is 130 g/mol. The zero-order valence-electron chi connectivity index (χ0n) is 6.05. The molecule has 2 heteroatoms. The van der Waals surface area contributed by atoms with E-state index in [9.17, 15) is 5.11 Å². The number of rotatable bonds is 4. The van der Waals surface area contributed by atoms with Crippen LogP contribution in [0.1, 0.15) is 20.3 Å². The van der Waals surface area contributed by atoms with Gasteiger partial charge < -0.3 is 9.84 Å². The fourth-order valence-electron chi connectivity index (χ4n) is 0.555. The maximum Gasteiger partial charge on any atom is 0.184 e. The molecule has 0 spiro atoms. The van der Waals surface area contributed by atoms with Crippen LogP contribution in [-0.4, -0.2) is 17.5 Å². The molecule has 0 heterocycles. The Morgan fingerprint density at radius 3 is 2.33 bits per heavy atom. The molecular formula is C7H14O2. The highest BCUT2D eigenvalue weighted by atomic mass is 16.6. The summed E-state index contributed by atoms with van der Waals surface area (Å²) in [6.07, 6.45) is 1.96. The first-order chi connectivity index (χ1) is 4.18. The molecule has 0 saturated heterocycles. The molecule has 0 aliphatic carbocycles. The fraction of sp³-hybridized carbons (Fsp3) is 0.714. The highest BCUT2D eigenvalue weighted by molar-refractivity contribution is 4.85. The Labute approximate surface area is 56.1 Å². The predicted octanol–water partition coefficient (Wildman–Crippen LogP) is 1.31. The molecule has 0 bridgehead atoms. The maximum absolute atomic E-state index is 9.29. The summed E-state index contributed by atoms with van der Waals surface area (Å²) in [6.45, 7) is 7.64. The van der Waals surface area contributed by atoms with Gasteiger partial charge in [-0.1, -0.05) is 13.5 Å². The SMILES string of the molecule is C=CC(O)(CC)OCC. The molecule has 0 radical (unpaired) electrons. The number of hydrogen-bond donors (Lipinski definition) is 1. The quantitative estimate of drug-likeness (QED) is 0.459. The lowest BCUT2D eigenvalue weighted by Crippen LogP contribution is -2.28. The van der Waals surface area contributed by atoms with E-state index in [4.69, 9.17) is 4.74 Å². The molecule has 0 aromatic heterocycles. The summed E-state index contributed by atoms with van der Waals surface area (Å²) in [5.74, 6) is -1.10. The molecular weight excluding hydrogens is 116 g/mol. The van der Waals surface area contributed by atoms with Crippen LogP contribution in [0.3, 0.4) is 0 Å². The van der Waals surface area contributed by atoms with E-state index in [0.29, 0.717) is 13.0 Å². The van der Waals surface area contributed by atoms with E-state index in [1.807, 2.05) is 13.8 Å². The van der Waals surface area contributed by atoms with E-state index in [1.54, 1.807) is 0 Å². The Morgan fingerprint density at radius 2 is 2.22 bits per heavy atom. The number of aliphatic hydroxyl groups is 1. The van der Waals surface area contributed by atoms with E-state index in [2.05, 4.69) is 6.58 Å². The lowest BCUT2D eigenvalue weighted by atomic mass is 10.2. The second-order valence-corrected chi connectivity index (χ2v) is 1.84. The van der Waals surface area contributed by atoms with Gasteiger partial charge in [-0.2, -0.15) is 0 Å². The first-order valence-corrected chi connectivity index (χ1v) is 3.18. The van der Waals surface area contributed by atoms with Crippen molar-refractivity contribution in [3.05, 3.63) is 12.7 Å². The molecule has 0 aromatic carbocycles. The van der Waals surface area contributed by atoms with E-state index in [0.717, 1.165) is 0 Å². The van der Waals surface area contributed by atoms with Crippen molar-refractivity contribution >= 4 is 0 Å². The molecule has 1 N–H and O–H groups in total. The third kappa shape index (κ3) is 2.63. The Kier molecular flexibility index (Phi) is 3.50. The Hall–Kier alpha value is -0.340. The first-order valence-electron chi connectivity index (χ1n) is 3.18. The van der Waals surface area contributed by atoms with Crippen LogP contribution in [-0.2, 0) is 4.74 Å². The van der Waals surface area contributed by atoms with Crippen LogP contribution < -0.4 is 0 Å². The Bertz CT molecular complexity index is 90.9. The second-order valence-electron chi connectivity index (χ2n) is 1.84.